The van der Waals surface area contributed by atoms with Gasteiger partial charge in [-0.25, -0.2) is 9.40 Å². The highest BCUT2D eigenvalue weighted by molar-refractivity contribution is 7.12. The number of likely N-dealkylation sites (N-methyl/N-ethyl adjacent to an activating group) is 1. The first-order valence-electron chi connectivity index (χ1n) is 8.53. The average Bonchev–Trinajstić information content (AvgIpc) is 3.29. The molecule has 0 radical (unpaired) electrons. The maximum Gasteiger partial charge on any atom is 0.257 e. The van der Waals surface area contributed by atoms with Crippen molar-refractivity contribution in [3.05, 3.63) is 58.0 Å². The third-order valence-corrected chi connectivity index (χ3v) is 5.40. The number of thiophene rings is 1. The first-order valence-corrected chi connectivity index (χ1v) is 9.41. The van der Waals surface area contributed by atoms with Crippen molar-refractivity contribution in [2.75, 3.05) is 19.6 Å². The molecule has 1 aliphatic rings. The van der Waals surface area contributed by atoms with Crippen LogP contribution in [0.2, 0.25) is 0 Å². The normalized spacial score (nSPS) is 17.2. The second-order valence-electron chi connectivity index (χ2n) is 6.00. The Morgan fingerprint density at radius 3 is 2.60 bits per heavy atom. The largest absolute Gasteiger partial charge is 0.295 e. The molecule has 1 aromatic heterocycles. The van der Waals surface area contributed by atoms with Crippen molar-refractivity contribution < 1.29 is 9.18 Å². The molecule has 2 aromatic rings. The highest BCUT2D eigenvalue weighted by Gasteiger charge is 2.33. The predicted molar refractivity (Wildman–Crippen MR) is 99.2 cm³/mol. The molecule has 0 bridgehead atoms. The molecular weight excluding hydrogens is 337 g/mol. The average molecular weight is 359 g/mol. The molecule has 0 saturated heterocycles. The van der Waals surface area contributed by atoms with E-state index < -0.39 is 0 Å². The molecule has 1 amide bonds. The Hall–Kier alpha value is -2.05. The van der Waals surface area contributed by atoms with Gasteiger partial charge in [-0.3, -0.25) is 9.69 Å². The first-order chi connectivity index (χ1) is 12.1. The van der Waals surface area contributed by atoms with E-state index in [2.05, 4.69) is 10.0 Å². The van der Waals surface area contributed by atoms with Gasteiger partial charge in [0.15, 0.2) is 0 Å². The fraction of sp³-hybridized carbons (Fsp3) is 0.368. The minimum absolute atomic E-state index is 0.0235. The topological polar surface area (TPSA) is 35.9 Å². The van der Waals surface area contributed by atoms with Crippen LogP contribution in [0, 0.1) is 5.82 Å². The van der Waals surface area contributed by atoms with Gasteiger partial charge in [0.2, 0.25) is 0 Å². The highest BCUT2D eigenvalue weighted by Crippen LogP contribution is 2.33. The molecule has 1 aromatic carbocycles. The van der Waals surface area contributed by atoms with Crippen molar-refractivity contribution in [2.24, 2.45) is 5.10 Å². The van der Waals surface area contributed by atoms with E-state index in [0.29, 0.717) is 13.0 Å². The van der Waals surface area contributed by atoms with Gasteiger partial charge in [-0.15, -0.1) is 11.3 Å². The second-order valence-corrected chi connectivity index (χ2v) is 6.94. The van der Waals surface area contributed by atoms with Crippen LogP contribution in [0.4, 0.5) is 4.39 Å². The number of amides is 1. The van der Waals surface area contributed by atoms with Crippen LogP contribution in [0.25, 0.3) is 0 Å². The summed E-state index contributed by atoms with van der Waals surface area (Å²) >= 11 is 1.62. The zero-order valence-electron chi connectivity index (χ0n) is 14.5. The quantitative estimate of drug-likeness (QED) is 0.784. The fourth-order valence-electron chi connectivity index (χ4n) is 2.99. The summed E-state index contributed by atoms with van der Waals surface area (Å²) in [5, 5.41) is 8.21. The van der Waals surface area contributed by atoms with E-state index in [1.54, 1.807) is 28.5 Å². The van der Waals surface area contributed by atoms with Crippen molar-refractivity contribution >= 4 is 23.0 Å². The van der Waals surface area contributed by atoms with Gasteiger partial charge in [-0.1, -0.05) is 32.0 Å². The number of hydrazone groups is 1. The number of carbonyl (C=O) groups excluding carboxylic acids is 1. The maximum absolute atomic E-state index is 13.3. The lowest BCUT2D eigenvalue weighted by Gasteiger charge is -2.25. The summed E-state index contributed by atoms with van der Waals surface area (Å²) in [6, 6.07) is 10.2. The molecule has 4 nitrogen and oxygen atoms in total. The third-order valence-electron chi connectivity index (χ3n) is 4.48. The van der Waals surface area contributed by atoms with Gasteiger partial charge in [0.05, 0.1) is 23.2 Å². The van der Waals surface area contributed by atoms with Gasteiger partial charge in [-0.05, 0) is 42.2 Å². The molecule has 1 aliphatic heterocycles. The molecule has 1 atom stereocenters. The van der Waals surface area contributed by atoms with Gasteiger partial charge >= 0.3 is 0 Å². The lowest BCUT2D eigenvalue weighted by atomic mass is 10.0. The van der Waals surface area contributed by atoms with E-state index in [9.17, 15) is 9.18 Å². The minimum atomic E-state index is -0.276. The lowest BCUT2D eigenvalue weighted by Crippen LogP contribution is -2.38. The zero-order chi connectivity index (χ0) is 17.8. The monoisotopic (exact) mass is 359 g/mol. The molecule has 0 unspecified atom stereocenters. The molecule has 0 N–H and O–H groups in total. The molecule has 0 fully saturated rings. The van der Waals surface area contributed by atoms with Crippen molar-refractivity contribution in [2.45, 2.75) is 26.3 Å². The summed E-state index contributed by atoms with van der Waals surface area (Å²) in [4.78, 5) is 16.0. The smallest absolute Gasteiger partial charge is 0.257 e. The Labute approximate surface area is 151 Å². The van der Waals surface area contributed by atoms with E-state index in [1.165, 1.54) is 12.1 Å². The van der Waals surface area contributed by atoms with Gasteiger partial charge < -0.3 is 0 Å². The summed E-state index contributed by atoms with van der Waals surface area (Å²) in [7, 11) is 0. The predicted octanol–water partition coefficient (Wildman–Crippen LogP) is 3.91. The molecular formula is C19H22FN3OS. The van der Waals surface area contributed by atoms with Crippen LogP contribution in [0.15, 0.2) is 46.9 Å². The number of rotatable bonds is 6. The second kappa shape index (κ2) is 7.89. The van der Waals surface area contributed by atoms with Crippen LogP contribution >= 0.6 is 11.3 Å². The molecule has 0 saturated carbocycles. The maximum atomic E-state index is 13.3. The molecule has 6 heteroatoms. The molecule has 132 valence electrons. The Morgan fingerprint density at radius 1 is 1.28 bits per heavy atom. The lowest BCUT2D eigenvalue weighted by molar-refractivity contribution is -0.134. The van der Waals surface area contributed by atoms with Crippen LogP contribution in [-0.4, -0.2) is 41.2 Å². The van der Waals surface area contributed by atoms with Gasteiger partial charge in [0.1, 0.15) is 5.82 Å². The van der Waals surface area contributed by atoms with Crippen molar-refractivity contribution in [3.8, 4) is 0 Å². The number of nitrogens with zero attached hydrogens (tertiary/aromatic N) is 3. The molecule has 0 aliphatic carbocycles. The number of hydrogen-bond acceptors (Lipinski definition) is 4. The summed E-state index contributed by atoms with van der Waals surface area (Å²) < 4.78 is 13.3. The van der Waals surface area contributed by atoms with Crippen LogP contribution in [0.5, 0.6) is 0 Å². The Balaban J connectivity index is 1.87. The van der Waals surface area contributed by atoms with E-state index in [4.69, 9.17) is 0 Å². The van der Waals surface area contributed by atoms with Gasteiger partial charge in [0.25, 0.3) is 5.91 Å². The number of benzene rings is 1. The molecule has 25 heavy (non-hydrogen) atoms. The summed E-state index contributed by atoms with van der Waals surface area (Å²) in [6.07, 6.45) is 0.649. The Bertz CT molecular complexity index is 739. The zero-order valence-corrected chi connectivity index (χ0v) is 15.3. The van der Waals surface area contributed by atoms with Crippen molar-refractivity contribution in [1.29, 1.82) is 0 Å². The fourth-order valence-corrected chi connectivity index (χ4v) is 3.71. The highest BCUT2D eigenvalue weighted by atomic mass is 32.1. The van der Waals surface area contributed by atoms with Crippen molar-refractivity contribution in [3.63, 3.8) is 0 Å². The van der Waals surface area contributed by atoms with Crippen LogP contribution in [0.3, 0.4) is 0 Å². The number of carbonyl (C=O) groups is 1. The van der Waals surface area contributed by atoms with E-state index in [-0.39, 0.29) is 17.8 Å². The first kappa shape index (κ1) is 17.8. The van der Waals surface area contributed by atoms with Crippen LogP contribution in [-0.2, 0) is 4.79 Å². The van der Waals surface area contributed by atoms with Crippen LogP contribution in [0.1, 0.15) is 36.8 Å². The van der Waals surface area contributed by atoms with Crippen molar-refractivity contribution in [1.82, 2.24) is 9.91 Å². The van der Waals surface area contributed by atoms with Gasteiger partial charge in [-0.2, -0.15) is 5.10 Å². The summed E-state index contributed by atoms with van der Waals surface area (Å²) in [5.74, 6) is -0.299. The SMILES string of the molecule is CCN(CC)CC(=O)N1N=C(c2cccs2)C[C@H]1c1ccc(F)cc1. The van der Waals surface area contributed by atoms with E-state index >= 15 is 0 Å². The molecule has 3 rings (SSSR count). The Kier molecular flexibility index (Phi) is 5.60. The van der Waals surface area contributed by atoms with E-state index in [0.717, 1.165) is 29.2 Å². The Morgan fingerprint density at radius 2 is 2.00 bits per heavy atom. The number of halogens is 1. The van der Waals surface area contributed by atoms with E-state index in [1.807, 2.05) is 31.4 Å². The van der Waals surface area contributed by atoms with Gasteiger partial charge in [0, 0.05) is 6.42 Å². The third kappa shape index (κ3) is 3.96. The molecule has 0 spiro atoms. The van der Waals surface area contributed by atoms with Crippen LogP contribution < -0.4 is 0 Å². The molecule has 2 heterocycles. The summed E-state index contributed by atoms with van der Waals surface area (Å²) in [5.41, 5.74) is 1.82. The standard InChI is InChI=1S/C19H22FN3OS/c1-3-22(4-2)13-19(24)23-17(14-7-9-15(20)10-8-14)12-16(21-23)18-6-5-11-25-18/h5-11,17H,3-4,12-13H2,1-2H3/t17-/m0/s1. The minimum Gasteiger partial charge on any atom is -0.295 e. The summed E-state index contributed by atoms with van der Waals surface area (Å²) in [6.45, 7) is 6.06. The number of hydrogen-bond donors (Lipinski definition) is 0.